The zero-order chi connectivity index (χ0) is 14.8. The fourth-order valence-corrected chi connectivity index (χ4v) is 2.67. The summed E-state index contributed by atoms with van der Waals surface area (Å²) in [5.74, 6) is 0. The lowest BCUT2D eigenvalue weighted by Gasteiger charge is -2.08. The van der Waals surface area contributed by atoms with Gasteiger partial charge in [-0.1, -0.05) is 48.6 Å². The lowest BCUT2D eigenvalue weighted by molar-refractivity contribution is 1.48. The van der Waals surface area contributed by atoms with Gasteiger partial charge in [-0.15, -0.1) is 0 Å². The van der Waals surface area contributed by atoms with Gasteiger partial charge in [-0.2, -0.15) is 0 Å². The van der Waals surface area contributed by atoms with Gasteiger partial charge in [0.05, 0.1) is 16.7 Å². The minimum Gasteiger partial charge on any atom is -0.256 e. The van der Waals surface area contributed by atoms with Crippen LogP contribution < -0.4 is 0 Å². The van der Waals surface area contributed by atoms with E-state index in [9.17, 15) is 0 Å². The second kappa shape index (κ2) is 5.41. The van der Waals surface area contributed by atoms with E-state index in [4.69, 9.17) is 4.98 Å². The van der Waals surface area contributed by atoms with Gasteiger partial charge in [-0.25, -0.2) is 4.98 Å². The fraction of sp³-hybridized carbons (Fsp3) is 0. The molecule has 22 heavy (non-hydrogen) atoms. The van der Waals surface area contributed by atoms with Gasteiger partial charge < -0.3 is 0 Å². The molecule has 0 saturated heterocycles. The highest BCUT2D eigenvalue weighted by atomic mass is 14.7. The van der Waals surface area contributed by atoms with Crippen molar-refractivity contribution in [1.29, 1.82) is 0 Å². The molecule has 3 aromatic rings. The van der Waals surface area contributed by atoms with Crippen molar-refractivity contribution in [2.75, 3.05) is 0 Å². The third kappa shape index (κ3) is 2.25. The summed E-state index contributed by atoms with van der Waals surface area (Å²) in [6.45, 7) is 0. The summed E-state index contributed by atoms with van der Waals surface area (Å²) in [5, 5.41) is 2.27. The summed E-state index contributed by atoms with van der Waals surface area (Å²) in [4.78, 5) is 9.32. The highest BCUT2D eigenvalue weighted by Gasteiger charge is 2.07. The number of aliphatic imine (C=N–C) groups is 1. The van der Waals surface area contributed by atoms with Crippen LogP contribution in [0, 0.1) is 0 Å². The Labute approximate surface area is 128 Å². The third-order valence-corrected chi connectivity index (χ3v) is 3.72. The molecular formula is C20H14N2. The molecule has 0 bridgehead atoms. The van der Waals surface area contributed by atoms with E-state index in [1.54, 1.807) is 0 Å². The predicted molar refractivity (Wildman–Crippen MR) is 93.2 cm³/mol. The van der Waals surface area contributed by atoms with Gasteiger partial charge in [0.25, 0.3) is 0 Å². The molecule has 0 atom stereocenters. The zero-order valence-electron chi connectivity index (χ0n) is 12.0. The molecule has 0 fully saturated rings. The smallest absolute Gasteiger partial charge is 0.0716 e. The van der Waals surface area contributed by atoms with Crippen molar-refractivity contribution in [1.82, 2.24) is 4.98 Å². The van der Waals surface area contributed by atoms with E-state index in [0.717, 1.165) is 33.1 Å². The molecule has 0 unspecified atom stereocenters. The average molecular weight is 282 g/mol. The largest absolute Gasteiger partial charge is 0.256 e. The van der Waals surface area contributed by atoms with Gasteiger partial charge in [-0.3, -0.25) is 4.99 Å². The zero-order valence-corrected chi connectivity index (χ0v) is 12.0. The molecule has 0 aliphatic carbocycles. The van der Waals surface area contributed by atoms with Gasteiger partial charge >= 0.3 is 0 Å². The van der Waals surface area contributed by atoms with E-state index < -0.39 is 0 Å². The number of para-hydroxylation sites is 1. The molecule has 0 saturated carbocycles. The predicted octanol–water partition coefficient (Wildman–Crippen LogP) is 4.82. The monoisotopic (exact) mass is 282 g/mol. The van der Waals surface area contributed by atoms with E-state index in [1.165, 1.54) is 0 Å². The van der Waals surface area contributed by atoms with Crippen molar-refractivity contribution < 1.29 is 0 Å². The molecule has 0 spiro atoms. The maximum atomic E-state index is 4.76. The number of rotatable bonds is 1. The second-order valence-corrected chi connectivity index (χ2v) is 5.15. The first-order chi connectivity index (χ1) is 10.9. The number of hydrogen-bond acceptors (Lipinski definition) is 2. The van der Waals surface area contributed by atoms with E-state index in [0.29, 0.717) is 0 Å². The van der Waals surface area contributed by atoms with E-state index in [-0.39, 0.29) is 0 Å². The number of hydrogen-bond donors (Lipinski definition) is 0. The fourth-order valence-electron chi connectivity index (χ4n) is 2.67. The first kappa shape index (κ1) is 12.7. The van der Waals surface area contributed by atoms with Crippen LogP contribution in [-0.4, -0.2) is 10.7 Å². The Morgan fingerprint density at radius 1 is 0.727 bits per heavy atom. The van der Waals surface area contributed by atoms with Crippen molar-refractivity contribution >= 4 is 27.5 Å². The van der Waals surface area contributed by atoms with Crippen LogP contribution in [0.15, 0.2) is 90.1 Å². The van der Waals surface area contributed by atoms with Crippen LogP contribution >= 0.6 is 0 Å². The molecule has 104 valence electrons. The van der Waals surface area contributed by atoms with E-state index in [1.807, 2.05) is 66.9 Å². The van der Waals surface area contributed by atoms with Crippen LogP contribution in [0.5, 0.6) is 0 Å². The van der Waals surface area contributed by atoms with Gasteiger partial charge in [-0.05, 0) is 30.4 Å². The normalized spacial score (nSPS) is 14.1. The second-order valence-electron chi connectivity index (χ2n) is 5.15. The highest BCUT2D eigenvalue weighted by Crippen LogP contribution is 2.23. The van der Waals surface area contributed by atoms with Crippen LogP contribution in [0.1, 0.15) is 5.56 Å². The van der Waals surface area contributed by atoms with E-state index >= 15 is 0 Å². The Hall–Kier alpha value is -3.00. The summed E-state index contributed by atoms with van der Waals surface area (Å²) in [5.41, 5.74) is 4.06. The molecule has 2 aromatic carbocycles. The number of benzene rings is 2. The number of aromatic nitrogens is 1. The number of fused-ring (bicyclic) bond motifs is 2. The summed E-state index contributed by atoms with van der Waals surface area (Å²) in [6.07, 6.45) is 11.8. The topological polar surface area (TPSA) is 25.2 Å². The lowest BCUT2D eigenvalue weighted by atomic mass is 10.0. The maximum Gasteiger partial charge on any atom is 0.0716 e. The van der Waals surface area contributed by atoms with Crippen LogP contribution in [-0.2, 0) is 0 Å². The van der Waals surface area contributed by atoms with Crippen molar-refractivity contribution in [2.24, 2.45) is 4.99 Å². The molecular weight excluding hydrogens is 268 g/mol. The number of allylic oxidation sites excluding steroid dienone is 5. The lowest BCUT2D eigenvalue weighted by Crippen LogP contribution is -1.98. The highest BCUT2D eigenvalue weighted by molar-refractivity contribution is 6.17. The molecule has 1 aliphatic rings. The van der Waals surface area contributed by atoms with Crippen molar-refractivity contribution in [3.63, 3.8) is 0 Å². The average Bonchev–Trinajstić information content (AvgIpc) is 2.52. The molecule has 4 rings (SSSR count). The molecule has 2 heteroatoms. The van der Waals surface area contributed by atoms with Crippen molar-refractivity contribution in [2.45, 2.75) is 0 Å². The SMILES string of the molecule is C1=CC=CC(c2cccc3nc4ccccc4cc23)=NC=C1. The summed E-state index contributed by atoms with van der Waals surface area (Å²) in [6, 6.07) is 16.6. The first-order valence-corrected chi connectivity index (χ1v) is 7.28. The van der Waals surface area contributed by atoms with Crippen molar-refractivity contribution in [3.05, 3.63) is 90.7 Å². The summed E-state index contributed by atoms with van der Waals surface area (Å²) in [7, 11) is 0. The molecule has 0 N–H and O–H groups in total. The van der Waals surface area contributed by atoms with Crippen LogP contribution in [0.25, 0.3) is 21.8 Å². The number of nitrogens with zero attached hydrogens (tertiary/aromatic N) is 2. The minimum absolute atomic E-state index is 0.947. The molecule has 2 heterocycles. The summed E-state index contributed by atoms with van der Waals surface area (Å²) < 4.78 is 0. The van der Waals surface area contributed by atoms with Crippen LogP contribution in [0.3, 0.4) is 0 Å². The maximum absolute atomic E-state index is 4.76. The van der Waals surface area contributed by atoms with E-state index in [2.05, 4.69) is 23.2 Å². The first-order valence-electron chi connectivity index (χ1n) is 7.28. The Bertz CT molecular complexity index is 975. The van der Waals surface area contributed by atoms with Gasteiger partial charge in [0.15, 0.2) is 0 Å². The Kier molecular flexibility index (Phi) is 3.13. The molecule has 1 aromatic heterocycles. The van der Waals surface area contributed by atoms with Gasteiger partial charge in [0.1, 0.15) is 0 Å². The Balaban J connectivity index is 1.99. The number of pyridine rings is 1. The van der Waals surface area contributed by atoms with Gasteiger partial charge in [0, 0.05) is 22.5 Å². The van der Waals surface area contributed by atoms with Crippen molar-refractivity contribution in [3.8, 4) is 0 Å². The Morgan fingerprint density at radius 2 is 1.59 bits per heavy atom. The minimum atomic E-state index is 0.947. The molecule has 1 aliphatic heterocycles. The molecule has 2 nitrogen and oxygen atoms in total. The molecule has 0 radical (unpaired) electrons. The third-order valence-electron chi connectivity index (χ3n) is 3.72. The van der Waals surface area contributed by atoms with Crippen LogP contribution in [0.4, 0.5) is 0 Å². The quantitative estimate of drug-likeness (QED) is 0.588. The standard InChI is InChI=1S/C20H14N2/c1-2-6-13-21-19(11-3-1)16-9-7-12-20-17(16)14-15-8-4-5-10-18(15)22-20/h1-14H. The molecule has 0 amide bonds. The summed E-state index contributed by atoms with van der Waals surface area (Å²) >= 11 is 0. The van der Waals surface area contributed by atoms with Crippen LogP contribution in [0.2, 0.25) is 0 Å². The van der Waals surface area contributed by atoms with Gasteiger partial charge in [0.2, 0.25) is 0 Å². The Morgan fingerprint density at radius 3 is 2.59 bits per heavy atom.